The van der Waals surface area contributed by atoms with Gasteiger partial charge in [0.15, 0.2) is 0 Å². The summed E-state index contributed by atoms with van der Waals surface area (Å²) in [6, 6.07) is 8.91. The zero-order valence-corrected chi connectivity index (χ0v) is 12.8. The Morgan fingerprint density at radius 2 is 1.84 bits per heavy atom. The topological polar surface area (TPSA) is 20.2 Å². The highest BCUT2D eigenvalue weighted by Crippen LogP contribution is 2.32. The summed E-state index contributed by atoms with van der Waals surface area (Å²) in [4.78, 5) is 0. The van der Waals surface area contributed by atoms with Crippen LogP contribution in [-0.4, -0.2) is 5.11 Å². The average molecular weight is 323 g/mol. The van der Waals surface area contributed by atoms with Gasteiger partial charge in [0.1, 0.15) is 11.9 Å². The van der Waals surface area contributed by atoms with Crippen LogP contribution in [0.3, 0.4) is 0 Å². The maximum Gasteiger partial charge on any atom is 0.129 e. The quantitative estimate of drug-likeness (QED) is 0.857. The number of aryl methyl sites for hydroxylation is 2. The molecule has 0 fully saturated rings. The molecule has 0 heterocycles. The number of benzene rings is 2. The zero-order valence-electron chi connectivity index (χ0n) is 11.2. The number of hydrogen-bond donors (Lipinski definition) is 1. The van der Waals surface area contributed by atoms with Crippen molar-refractivity contribution in [2.75, 3.05) is 0 Å². The van der Waals surface area contributed by atoms with Crippen LogP contribution in [-0.2, 0) is 0 Å². The Labute approximate surface area is 121 Å². The number of aliphatic hydroxyl groups excluding tert-OH is 1. The summed E-state index contributed by atoms with van der Waals surface area (Å²) in [5.74, 6) is -0.357. The monoisotopic (exact) mass is 322 g/mol. The fraction of sp³-hybridized carbons (Fsp3) is 0.250. The molecule has 100 valence electrons. The van der Waals surface area contributed by atoms with Crippen LogP contribution in [0, 0.1) is 26.6 Å². The van der Waals surface area contributed by atoms with Gasteiger partial charge in [0.25, 0.3) is 0 Å². The van der Waals surface area contributed by atoms with Crippen molar-refractivity contribution in [2.45, 2.75) is 26.9 Å². The van der Waals surface area contributed by atoms with Gasteiger partial charge in [0.05, 0.1) is 0 Å². The van der Waals surface area contributed by atoms with E-state index in [0.29, 0.717) is 5.56 Å². The van der Waals surface area contributed by atoms with Gasteiger partial charge in [0, 0.05) is 10.0 Å². The molecule has 0 saturated heterocycles. The lowest BCUT2D eigenvalue weighted by Crippen LogP contribution is -2.07. The van der Waals surface area contributed by atoms with Gasteiger partial charge in [-0.25, -0.2) is 4.39 Å². The fourth-order valence-corrected chi connectivity index (χ4v) is 2.73. The Hall–Kier alpha value is -1.19. The summed E-state index contributed by atoms with van der Waals surface area (Å²) < 4.78 is 15.0. The van der Waals surface area contributed by atoms with E-state index in [1.54, 1.807) is 0 Å². The van der Waals surface area contributed by atoms with Crippen LogP contribution < -0.4 is 0 Å². The Morgan fingerprint density at radius 1 is 1.16 bits per heavy atom. The second-order valence-corrected chi connectivity index (χ2v) is 5.69. The first kappa shape index (κ1) is 14.2. The number of hydrogen-bond acceptors (Lipinski definition) is 1. The minimum atomic E-state index is -0.946. The third kappa shape index (κ3) is 2.72. The van der Waals surface area contributed by atoms with Gasteiger partial charge in [-0.2, -0.15) is 0 Å². The molecule has 2 aromatic carbocycles. The van der Waals surface area contributed by atoms with Gasteiger partial charge in [-0.3, -0.25) is 0 Å². The summed E-state index contributed by atoms with van der Waals surface area (Å²) in [7, 11) is 0. The lowest BCUT2D eigenvalue weighted by molar-refractivity contribution is 0.213. The third-order valence-electron chi connectivity index (χ3n) is 3.36. The van der Waals surface area contributed by atoms with Crippen molar-refractivity contribution < 1.29 is 9.50 Å². The smallest absolute Gasteiger partial charge is 0.129 e. The van der Waals surface area contributed by atoms with Gasteiger partial charge in [0.2, 0.25) is 0 Å². The maximum absolute atomic E-state index is 14.1. The summed E-state index contributed by atoms with van der Waals surface area (Å²) in [5.41, 5.74) is 3.63. The molecule has 1 atom stereocenters. The highest BCUT2D eigenvalue weighted by molar-refractivity contribution is 9.10. The van der Waals surface area contributed by atoms with Crippen LogP contribution in [0.15, 0.2) is 34.8 Å². The molecule has 0 saturated carbocycles. The van der Waals surface area contributed by atoms with Gasteiger partial charge in [-0.15, -0.1) is 0 Å². The zero-order chi connectivity index (χ0) is 14.2. The van der Waals surface area contributed by atoms with Crippen molar-refractivity contribution in [1.82, 2.24) is 0 Å². The lowest BCUT2D eigenvalue weighted by atomic mass is 9.93. The molecule has 19 heavy (non-hydrogen) atoms. The van der Waals surface area contributed by atoms with Crippen LogP contribution in [0.2, 0.25) is 0 Å². The third-order valence-corrected chi connectivity index (χ3v) is 4.22. The molecule has 0 aromatic heterocycles. The Morgan fingerprint density at radius 3 is 2.47 bits per heavy atom. The van der Waals surface area contributed by atoms with Crippen molar-refractivity contribution in [3.63, 3.8) is 0 Å². The fourth-order valence-electron chi connectivity index (χ4n) is 2.35. The van der Waals surface area contributed by atoms with Crippen LogP contribution in [0.5, 0.6) is 0 Å². The van der Waals surface area contributed by atoms with E-state index in [2.05, 4.69) is 15.9 Å². The van der Waals surface area contributed by atoms with E-state index >= 15 is 0 Å². The molecule has 3 heteroatoms. The summed E-state index contributed by atoms with van der Waals surface area (Å²) >= 11 is 3.43. The largest absolute Gasteiger partial charge is 0.384 e. The summed E-state index contributed by atoms with van der Waals surface area (Å²) in [6.07, 6.45) is -0.946. The molecular formula is C16H16BrFO. The molecule has 1 N–H and O–H groups in total. The van der Waals surface area contributed by atoms with Crippen LogP contribution in [0.25, 0.3) is 0 Å². The van der Waals surface area contributed by atoms with E-state index < -0.39 is 6.10 Å². The second-order valence-electron chi connectivity index (χ2n) is 4.83. The predicted octanol–water partition coefficient (Wildman–Crippen LogP) is 4.60. The first-order chi connectivity index (χ1) is 8.91. The van der Waals surface area contributed by atoms with Gasteiger partial charge in [-0.1, -0.05) is 34.1 Å². The molecule has 2 rings (SSSR count). The molecular weight excluding hydrogens is 307 g/mol. The molecule has 0 spiro atoms. The van der Waals surface area contributed by atoms with E-state index in [-0.39, 0.29) is 5.82 Å². The minimum absolute atomic E-state index is 0.354. The predicted molar refractivity (Wildman–Crippen MR) is 78.8 cm³/mol. The van der Waals surface area contributed by atoms with Crippen LogP contribution >= 0.6 is 15.9 Å². The van der Waals surface area contributed by atoms with E-state index in [0.717, 1.165) is 26.7 Å². The van der Waals surface area contributed by atoms with E-state index in [9.17, 15) is 9.50 Å². The van der Waals surface area contributed by atoms with Gasteiger partial charge in [-0.05, 0) is 55.2 Å². The highest BCUT2D eigenvalue weighted by Gasteiger charge is 2.20. The molecule has 0 bridgehead atoms. The van der Waals surface area contributed by atoms with E-state index in [1.165, 1.54) is 6.07 Å². The molecule has 1 unspecified atom stereocenters. The first-order valence-corrected chi connectivity index (χ1v) is 6.91. The molecule has 0 aliphatic carbocycles. The van der Waals surface area contributed by atoms with Gasteiger partial charge >= 0.3 is 0 Å². The molecule has 0 aliphatic rings. The SMILES string of the molecule is Cc1cc(C)c(C(O)c2cccc(Br)c2C)c(F)c1. The van der Waals surface area contributed by atoms with Crippen molar-refractivity contribution in [2.24, 2.45) is 0 Å². The van der Waals surface area contributed by atoms with Crippen LogP contribution in [0.4, 0.5) is 4.39 Å². The Bertz CT molecular complexity index is 599. The standard InChI is InChI=1S/C16H16BrFO/c1-9-7-10(2)15(14(18)8-9)16(19)12-5-4-6-13(17)11(12)3/h4-8,16,19H,1-3H3. The number of aliphatic hydroxyl groups is 1. The minimum Gasteiger partial charge on any atom is -0.384 e. The second kappa shape index (κ2) is 5.43. The molecule has 2 aromatic rings. The van der Waals surface area contributed by atoms with Crippen LogP contribution in [0.1, 0.15) is 33.9 Å². The van der Waals surface area contributed by atoms with Gasteiger partial charge < -0.3 is 5.11 Å². The molecule has 1 nitrogen and oxygen atoms in total. The van der Waals surface area contributed by atoms with E-state index in [1.807, 2.05) is 45.0 Å². The molecule has 0 amide bonds. The normalized spacial score (nSPS) is 12.5. The van der Waals surface area contributed by atoms with Crippen molar-refractivity contribution in [1.29, 1.82) is 0 Å². The van der Waals surface area contributed by atoms with E-state index in [4.69, 9.17) is 0 Å². The number of halogens is 2. The maximum atomic E-state index is 14.1. The number of rotatable bonds is 2. The average Bonchev–Trinajstić information content (AvgIpc) is 2.31. The first-order valence-electron chi connectivity index (χ1n) is 6.11. The lowest BCUT2D eigenvalue weighted by Gasteiger charge is -2.18. The Kier molecular flexibility index (Phi) is 4.07. The Balaban J connectivity index is 2.56. The van der Waals surface area contributed by atoms with Crippen molar-refractivity contribution in [3.8, 4) is 0 Å². The van der Waals surface area contributed by atoms with Crippen molar-refractivity contribution in [3.05, 3.63) is 68.4 Å². The molecule has 0 radical (unpaired) electrons. The summed E-state index contributed by atoms with van der Waals surface area (Å²) in [5, 5.41) is 10.5. The highest BCUT2D eigenvalue weighted by atomic mass is 79.9. The molecule has 0 aliphatic heterocycles. The van der Waals surface area contributed by atoms with Crippen molar-refractivity contribution >= 4 is 15.9 Å². The summed E-state index contributed by atoms with van der Waals surface area (Å²) in [6.45, 7) is 5.57.